The van der Waals surface area contributed by atoms with Crippen LogP contribution in [0.3, 0.4) is 0 Å². The monoisotopic (exact) mass is 360 g/mol. The first-order valence-electron chi connectivity index (χ1n) is 8.63. The average molecular weight is 361 g/mol. The van der Waals surface area contributed by atoms with E-state index in [0.717, 1.165) is 25.9 Å². The van der Waals surface area contributed by atoms with E-state index in [1.807, 2.05) is 0 Å². The van der Waals surface area contributed by atoms with Gasteiger partial charge in [-0.05, 0) is 36.1 Å². The van der Waals surface area contributed by atoms with Gasteiger partial charge in [0.2, 0.25) is 0 Å². The molecule has 1 heterocycles. The Bertz CT molecular complexity index is 745. The van der Waals surface area contributed by atoms with Crippen LogP contribution < -0.4 is 5.32 Å². The predicted octanol–water partition coefficient (Wildman–Crippen LogP) is 4.05. The van der Waals surface area contributed by atoms with Crippen LogP contribution in [0.5, 0.6) is 0 Å². The highest BCUT2D eigenvalue weighted by Gasteiger charge is 2.23. The first-order valence-corrected chi connectivity index (χ1v) is 9.01. The molecule has 1 atom stereocenters. The number of benzene rings is 2. The molecule has 0 saturated carbocycles. The number of hydrogen-bond donors (Lipinski definition) is 1. The summed E-state index contributed by atoms with van der Waals surface area (Å²) in [5.74, 6) is -1.05. The number of amides is 1. The van der Waals surface area contributed by atoms with Crippen LogP contribution in [-0.4, -0.2) is 29.9 Å². The Hall–Kier alpha value is -1.91. The molecule has 3 nitrogen and oxygen atoms in total. The van der Waals surface area contributed by atoms with E-state index < -0.39 is 11.7 Å². The first-order chi connectivity index (χ1) is 12.1. The number of fused-ring (bicyclic) bond motifs is 1. The molecular formula is C20H22ClFN2O. The number of rotatable bonds is 5. The van der Waals surface area contributed by atoms with E-state index in [4.69, 9.17) is 11.6 Å². The second kappa shape index (κ2) is 7.98. The van der Waals surface area contributed by atoms with Crippen molar-refractivity contribution in [1.82, 2.24) is 10.2 Å². The second-order valence-electron chi connectivity index (χ2n) is 6.36. The summed E-state index contributed by atoms with van der Waals surface area (Å²) in [6.07, 6.45) is 1.92. The minimum absolute atomic E-state index is 0.0805. The highest BCUT2D eigenvalue weighted by Crippen LogP contribution is 2.22. The fourth-order valence-corrected chi connectivity index (χ4v) is 3.62. The van der Waals surface area contributed by atoms with Gasteiger partial charge in [-0.3, -0.25) is 9.69 Å². The topological polar surface area (TPSA) is 32.3 Å². The zero-order chi connectivity index (χ0) is 17.8. The van der Waals surface area contributed by atoms with Crippen LogP contribution in [0.1, 0.15) is 34.8 Å². The summed E-state index contributed by atoms with van der Waals surface area (Å²) in [6, 6.07) is 13.0. The molecular weight excluding hydrogens is 339 g/mol. The van der Waals surface area contributed by atoms with Gasteiger partial charge in [0.15, 0.2) is 0 Å². The van der Waals surface area contributed by atoms with E-state index in [1.165, 1.54) is 29.3 Å². The van der Waals surface area contributed by atoms with E-state index in [9.17, 15) is 9.18 Å². The van der Waals surface area contributed by atoms with E-state index in [0.29, 0.717) is 6.54 Å². The third-order valence-corrected chi connectivity index (χ3v) is 5.15. The molecule has 25 heavy (non-hydrogen) atoms. The molecule has 0 saturated heterocycles. The molecule has 1 aliphatic heterocycles. The average Bonchev–Trinajstić information content (AvgIpc) is 2.62. The Kier molecular flexibility index (Phi) is 5.71. The zero-order valence-corrected chi connectivity index (χ0v) is 15.0. The highest BCUT2D eigenvalue weighted by molar-refractivity contribution is 6.33. The third kappa shape index (κ3) is 4.02. The summed E-state index contributed by atoms with van der Waals surface area (Å²) in [5, 5.41) is 2.98. The Balaban J connectivity index is 1.64. The molecule has 1 amide bonds. The maximum atomic E-state index is 13.9. The van der Waals surface area contributed by atoms with Crippen molar-refractivity contribution in [2.45, 2.75) is 32.4 Å². The van der Waals surface area contributed by atoms with Gasteiger partial charge >= 0.3 is 0 Å². The van der Waals surface area contributed by atoms with Crippen molar-refractivity contribution < 1.29 is 9.18 Å². The summed E-state index contributed by atoms with van der Waals surface area (Å²) in [6.45, 7) is 4.42. The summed E-state index contributed by atoms with van der Waals surface area (Å²) < 4.78 is 13.9. The molecule has 0 aliphatic carbocycles. The minimum atomic E-state index is -0.593. The third-order valence-electron chi connectivity index (χ3n) is 4.84. The predicted molar refractivity (Wildman–Crippen MR) is 98.4 cm³/mol. The maximum absolute atomic E-state index is 13.9. The summed E-state index contributed by atoms with van der Waals surface area (Å²) in [4.78, 5) is 14.7. The van der Waals surface area contributed by atoms with E-state index >= 15 is 0 Å². The van der Waals surface area contributed by atoms with E-state index in [-0.39, 0.29) is 16.6 Å². The largest absolute Gasteiger partial charge is 0.350 e. The van der Waals surface area contributed by atoms with Gasteiger partial charge in [0.05, 0.1) is 10.6 Å². The summed E-state index contributed by atoms with van der Waals surface area (Å²) in [7, 11) is 0. The van der Waals surface area contributed by atoms with Gasteiger partial charge < -0.3 is 5.32 Å². The molecule has 3 rings (SSSR count). The molecule has 0 spiro atoms. The van der Waals surface area contributed by atoms with E-state index in [1.54, 1.807) is 0 Å². The maximum Gasteiger partial charge on any atom is 0.255 e. The molecule has 1 N–H and O–H groups in total. The summed E-state index contributed by atoms with van der Waals surface area (Å²) in [5.41, 5.74) is 2.66. The van der Waals surface area contributed by atoms with Crippen molar-refractivity contribution in [1.29, 1.82) is 0 Å². The highest BCUT2D eigenvalue weighted by atomic mass is 35.5. The fraction of sp³-hybridized carbons (Fsp3) is 0.350. The van der Waals surface area contributed by atoms with E-state index in [2.05, 4.69) is 41.4 Å². The molecule has 0 fully saturated rings. The minimum Gasteiger partial charge on any atom is -0.350 e. The lowest BCUT2D eigenvalue weighted by Gasteiger charge is -2.35. The van der Waals surface area contributed by atoms with Crippen LogP contribution in [-0.2, 0) is 13.0 Å². The molecule has 0 radical (unpaired) electrons. The quantitative estimate of drug-likeness (QED) is 0.872. The Morgan fingerprint density at radius 1 is 1.24 bits per heavy atom. The Morgan fingerprint density at radius 2 is 2.00 bits per heavy atom. The standard InChI is InChI=1S/C20H22ClFN2O/c1-2-16(24-11-10-14-6-3-4-7-15(14)13-24)12-23-20(25)19-17(21)8-5-9-18(19)22/h3-9,16H,2,10-13H2,1H3,(H,23,25)/t16-/m1/s1. The van der Waals surface area contributed by atoms with Crippen LogP contribution in [0.25, 0.3) is 0 Å². The van der Waals surface area contributed by atoms with Gasteiger partial charge in [-0.15, -0.1) is 0 Å². The van der Waals surface area contributed by atoms with Crippen molar-refractivity contribution in [3.63, 3.8) is 0 Å². The number of hydrogen-bond acceptors (Lipinski definition) is 2. The normalized spacial score (nSPS) is 15.5. The smallest absolute Gasteiger partial charge is 0.255 e. The molecule has 0 unspecified atom stereocenters. The number of carbonyl (C=O) groups is 1. The Morgan fingerprint density at radius 3 is 2.72 bits per heavy atom. The van der Waals surface area contributed by atoms with Crippen molar-refractivity contribution in [2.24, 2.45) is 0 Å². The van der Waals surface area contributed by atoms with Crippen LogP contribution >= 0.6 is 11.6 Å². The lowest BCUT2D eigenvalue weighted by atomic mass is 9.98. The molecule has 0 bridgehead atoms. The fourth-order valence-electron chi connectivity index (χ4n) is 3.37. The van der Waals surface area contributed by atoms with Crippen molar-refractivity contribution >= 4 is 17.5 Å². The zero-order valence-electron chi connectivity index (χ0n) is 14.3. The molecule has 5 heteroatoms. The van der Waals surface area contributed by atoms with Crippen molar-refractivity contribution in [3.8, 4) is 0 Å². The van der Waals surface area contributed by atoms with Gasteiger partial charge in [0.1, 0.15) is 5.82 Å². The molecule has 132 valence electrons. The lowest BCUT2D eigenvalue weighted by Crippen LogP contribution is -2.45. The molecule has 2 aromatic carbocycles. The van der Waals surface area contributed by atoms with Gasteiger partial charge in [0.25, 0.3) is 5.91 Å². The second-order valence-corrected chi connectivity index (χ2v) is 6.77. The van der Waals surface area contributed by atoms with Crippen LogP contribution in [0, 0.1) is 5.82 Å². The lowest BCUT2D eigenvalue weighted by molar-refractivity contribution is 0.0922. The molecule has 0 aromatic heterocycles. The first kappa shape index (κ1) is 17.9. The number of halogens is 2. The van der Waals surface area contributed by atoms with Crippen LogP contribution in [0.2, 0.25) is 5.02 Å². The van der Waals surface area contributed by atoms with Crippen LogP contribution in [0.4, 0.5) is 4.39 Å². The number of carbonyl (C=O) groups excluding carboxylic acids is 1. The van der Waals surface area contributed by atoms with Gasteiger partial charge in [-0.1, -0.05) is 48.9 Å². The SMILES string of the molecule is CC[C@H](CNC(=O)c1c(F)cccc1Cl)N1CCc2ccccc2C1. The summed E-state index contributed by atoms with van der Waals surface area (Å²) >= 11 is 5.97. The number of nitrogens with zero attached hydrogens (tertiary/aromatic N) is 1. The van der Waals surface area contributed by atoms with Gasteiger partial charge in [-0.2, -0.15) is 0 Å². The Labute approximate surface area is 152 Å². The molecule has 2 aromatic rings. The van der Waals surface area contributed by atoms with Gasteiger partial charge in [-0.25, -0.2) is 4.39 Å². The van der Waals surface area contributed by atoms with Gasteiger partial charge in [0, 0.05) is 25.7 Å². The van der Waals surface area contributed by atoms with Crippen molar-refractivity contribution in [3.05, 3.63) is 70.0 Å². The molecule has 1 aliphatic rings. The van der Waals surface area contributed by atoms with Crippen molar-refractivity contribution in [2.75, 3.05) is 13.1 Å². The van der Waals surface area contributed by atoms with Crippen LogP contribution in [0.15, 0.2) is 42.5 Å². The number of nitrogens with one attached hydrogen (secondary N) is 1.